The molecule has 2 aromatic rings. The molecule has 3 aliphatic rings. The Hall–Kier alpha value is -2.95. The Morgan fingerprint density at radius 3 is 2.68 bits per heavy atom. The van der Waals surface area contributed by atoms with Gasteiger partial charge >= 0.3 is 6.09 Å². The molecule has 2 aliphatic carbocycles. The standard InChI is InChI=1S/C26H40N8O3/c1-13-8-9-14(2)18(10-13)19-12-36-11-15(3)34(19)26-30-20-22(29-16(4)17-6-5-7-17)31-24(32-23(20)33-26)21(27)37-25(28)35/h13-19,27H,5-12H2,1-4H3,(H2,28,35)(H2,29,30,31,32,33)/t13-,14-,15+,16+,18?,19?/m0/s1. The number of nitrogens with two attached hydrogens (primary N) is 1. The number of hydrogen-bond acceptors (Lipinski definition) is 9. The second kappa shape index (κ2) is 10.4. The maximum atomic E-state index is 11.3. The van der Waals surface area contributed by atoms with Crippen LogP contribution < -0.4 is 16.0 Å². The van der Waals surface area contributed by atoms with E-state index in [9.17, 15) is 4.79 Å². The number of rotatable bonds is 6. The molecular weight excluding hydrogens is 472 g/mol. The first-order valence-corrected chi connectivity index (χ1v) is 13.7. The topological polar surface area (TPSA) is 155 Å². The molecule has 5 N–H and O–H groups in total. The molecular formula is C26H40N8O3. The lowest BCUT2D eigenvalue weighted by atomic mass is 9.71. The van der Waals surface area contributed by atoms with Crippen molar-refractivity contribution >= 4 is 34.9 Å². The number of H-pyrrole nitrogens is 1. The molecule has 1 saturated heterocycles. The number of primary amides is 1. The molecule has 1 amide bonds. The smallest absolute Gasteiger partial charge is 0.388 e. The predicted molar refractivity (Wildman–Crippen MR) is 142 cm³/mol. The van der Waals surface area contributed by atoms with E-state index in [1.165, 1.54) is 38.5 Å². The molecule has 3 heterocycles. The van der Waals surface area contributed by atoms with E-state index in [1.807, 2.05) is 0 Å². The summed E-state index contributed by atoms with van der Waals surface area (Å²) in [6.45, 7) is 10.3. The van der Waals surface area contributed by atoms with Crippen molar-refractivity contribution in [3.8, 4) is 0 Å². The van der Waals surface area contributed by atoms with Crippen LogP contribution in [0.2, 0.25) is 0 Å². The maximum Gasteiger partial charge on any atom is 0.411 e. The van der Waals surface area contributed by atoms with Crippen LogP contribution >= 0.6 is 0 Å². The number of carbonyl (C=O) groups excluding carboxylic acids is 1. The molecule has 3 fully saturated rings. The highest BCUT2D eigenvalue weighted by Gasteiger charge is 2.40. The zero-order valence-corrected chi connectivity index (χ0v) is 22.3. The van der Waals surface area contributed by atoms with Crippen LogP contribution in [-0.2, 0) is 9.47 Å². The Balaban J connectivity index is 1.53. The fourth-order valence-electron chi connectivity index (χ4n) is 6.29. The molecule has 1 aliphatic heterocycles. The molecule has 2 saturated carbocycles. The predicted octanol–water partition coefficient (Wildman–Crippen LogP) is 4.04. The van der Waals surface area contributed by atoms with Crippen molar-refractivity contribution in [2.24, 2.45) is 29.4 Å². The zero-order chi connectivity index (χ0) is 26.3. The molecule has 11 heteroatoms. The minimum Gasteiger partial charge on any atom is -0.388 e. The highest BCUT2D eigenvalue weighted by Crippen LogP contribution is 2.40. The van der Waals surface area contributed by atoms with Gasteiger partial charge in [-0.1, -0.05) is 33.1 Å². The van der Waals surface area contributed by atoms with Crippen LogP contribution in [-0.4, -0.2) is 63.3 Å². The summed E-state index contributed by atoms with van der Waals surface area (Å²) in [5, 5.41) is 11.7. The van der Waals surface area contributed by atoms with Gasteiger partial charge in [0.1, 0.15) is 5.52 Å². The van der Waals surface area contributed by atoms with Crippen LogP contribution in [0.15, 0.2) is 0 Å². The number of morpholine rings is 1. The SMILES string of the molecule is C[C@H]1CC[C@H](C)C(C2COC[C@@H](C)N2c2nc3nc(C(=N)OC(N)=O)nc(N[C@H](C)C4CCC4)c3[nH]2)C1. The lowest BCUT2D eigenvalue weighted by Crippen LogP contribution is -2.56. The van der Waals surface area contributed by atoms with Crippen molar-refractivity contribution in [2.45, 2.75) is 84.3 Å². The van der Waals surface area contributed by atoms with E-state index < -0.39 is 12.0 Å². The van der Waals surface area contributed by atoms with Crippen LogP contribution in [0.3, 0.4) is 0 Å². The first kappa shape index (κ1) is 25.7. The lowest BCUT2D eigenvalue weighted by molar-refractivity contribution is 0.0285. The number of carbonyl (C=O) groups is 1. The van der Waals surface area contributed by atoms with Crippen molar-refractivity contribution in [1.82, 2.24) is 19.9 Å². The number of imidazole rings is 1. The van der Waals surface area contributed by atoms with Crippen molar-refractivity contribution in [2.75, 3.05) is 23.4 Å². The normalized spacial score (nSPS) is 29.5. The second-order valence-electron chi connectivity index (χ2n) is 11.4. The van der Waals surface area contributed by atoms with Gasteiger partial charge in [-0.05, 0) is 56.8 Å². The van der Waals surface area contributed by atoms with Crippen LogP contribution in [0.5, 0.6) is 0 Å². The molecule has 11 nitrogen and oxygen atoms in total. The van der Waals surface area contributed by atoms with Crippen LogP contribution in [0.4, 0.5) is 16.6 Å². The third-order valence-electron chi connectivity index (χ3n) is 8.70. The van der Waals surface area contributed by atoms with Crippen LogP contribution in [0, 0.1) is 29.1 Å². The van der Waals surface area contributed by atoms with Gasteiger partial charge in [0.25, 0.3) is 5.90 Å². The van der Waals surface area contributed by atoms with E-state index >= 15 is 0 Å². The number of anilines is 2. The number of fused-ring (bicyclic) bond motifs is 1. The number of ether oxygens (including phenoxy) is 2. The number of amides is 1. The minimum absolute atomic E-state index is 0.0334. The third kappa shape index (κ3) is 5.23. The van der Waals surface area contributed by atoms with Crippen LogP contribution in [0.1, 0.15) is 72.0 Å². The number of nitrogens with one attached hydrogen (secondary N) is 3. The van der Waals surface area contributed by atoms with Gasteiger partial charge in [-0.15, -0.1) is 0 Å². The first-order chi connectivity index (χ1) is 17.7. The van der Waals surface area contributed by atoms with Crippen LogP contribution in [0.25, 0.3) is 11.2 Å². The monoisotopic (exact) mass is 512 g/mol. The highest BCUT2D eigenvalue weighted by atomic mass is 16.6. The Bertz CT molecular complexity index is 1150. The van der Waals surface area contributed by atoms with Gasteiger partial charge in [0, 0.05) is 6.04 Å². The molecule has 0 radical (unpaired) electrons. The highest BCUT2D eigenvalue weighted by molar-refractivity contribution is 5.97. The maximum absolute atomic E-state index is 11.3. The van der Waals surface area contributed by atoms with Crippen molar-refractivity contribution in [3.05, 3.63) is 5.82 Å². The summed E-state index contributed by atoms with van der Waals surface area (Å²) in [6, 6.07) is 0.534. The molecule has 0 aromatic carbocycles. The average molecular weight is 513 g/mol. The van der Waals surface area contributed by atoms with Crippen molar-refractivity contribution < 1.29 is 14.3 Å². The van der Waals surface area contributed by atoms with E-state index in [0.29, 0.717) is 53.9 Å². The molecule has 37 heavy (non-hydrogen) atoms. The van der Waals surface area contributed by atoms with Gasteiger partial charge in [-0.25, -0.2) is 14.8 Å². The number of aromatic nitrogens is 4. The Labute approximate surface area is 217 Å². The summed E-state index contributed by atoms with van der Waals surface area (Å²) in [5.74, 6) is 3.13. The van der Waals surface area contributed by atoms with Gasteiger partial charge in [0.2, 0.25) is 11.8 Å². The molecule has 202 valence electrons. The van der Waals surface area contributed by atoms with E-state index in [1.54, 1.807) is 0 Å². The number of hydrogen-bond donors (Lipinski definition) is 4. The summed E-state index contributed by atoms with van der Waals surface area (Å²) in [6.07, 6.45) is 6.20. The minimum atomic E-state index is -1.07. The molecule has 2 aromatic heterocycles. The van der Waals surface area contributed by atoms with Gasteiger partial charge in [-0.2, -0.15) is 4.98 Å². The summed E-state index contributed by atoms with van der Waals surface area (Å²) < 4.78 is 10.8. The van der Waals surface area contributed by atoms with Crippen molar-refractivity contribution in [1.29, 1.82) is 5.41 Å². The Morgan fingerprint density at radius 2 is 1.97 bits per heavy atom. The van der Waals surface area contributed by atoms with Gasteiger partial charge in [0.05, 0.1) is 25.3 Å². The van der Waals surface area contributed by atoms with E-state index in [4.69, 9.17) is 25.6 Å². The molecule has 5 rings (SSSR count). The third-order valence-corrected chi connectivity index (χ3v) is 8.70. The van der Waals surface area contributed by atoms with E-state index in [0.717, 1.165) is 5.95 Å². The average Bonchev–Trinajstić information content (AvgIpc) is 3.23. The molecule has 6 atom stereocenters. The van der Waals surface area contributed by atoms with Crippen molar-refractivity contribution in [3.63, 3.8) is 0 Å². The number of nitrogens with zero attached hydrogens (tertiary/aromatic N) is 4. The van der Waals surface area contributed by atoms with E-state index in [2.05, 4.69) is 52.9 Å². The first-order valence-electron chi connectivity index (χ1n) is 13.7. The van der Waals surface area contributed by atoms with Gasteiger partial charge in [0.15, 0.2) is 11.5 Å². The molecule has 0 bridgehead atoms. The summed E-state index contributed by atoms with van der Waals surface area (Å²) in [5.41, 5.74) is 6.24. The quantitative estimate of drug-likeness (QED) is 0.334. The second-order valence-corrected chi connectivity index (χ2v) is 11.4. The van der Waals surface area contributed by atoms with Gasteiger partial charge in [-0.3, -0.25) is 5.41 Å². The fraction of sp³-hybridized carbons (Fsp3) is 0.731. The summed E-state index contributed by atoms with van der Waals surface area (Å²) >= 11 is 0. The summed E-state index contributed by atoms with van der Waals surface area (Å²) in [7, 11) is 0. The Morgan fingerprint density at radius 1 is 1.19 bits per heavy atom. The van der Waals surface area contributed by atoms with E-state index in [-0.39, 0.29) is 23.9 Å². The summed E-state index contributed by atoms with van der Waals surface area (Å²) in [4.78, 5) is 31.1. The molecule has 2 unspecified atom stereocenters. The molecule has 0 spiro atoms. The Kier molecular flexibility index (Phi) is 7.24. The zero-order valence-electron chi connectivity index (χ0n) is 22.3. The number of aromatic amines is 1. The largest absolute Gasteiger partial charge is 0.411 e. The lowest BCUT2D eigenvalue weighted by Gasteiger charge is -2.47. The fourth-order valence-corrected chi connectivity index (χ4v) is 6.29. The van der Waals surface area contributed by atoms with Gasteiger partial charge < -0.3 is 30.4 Å².